The average Bonchev–Trinajstić information content (AvgIpc) is 3.11. The van der Waals surface area contributed by atoms with E-state index in [-0.39, 0.29) is 6.71 Å². The number of furan rings is 1. The summed E-state index contributed by atoms with van der Waals surface area (Å²) in [6, 6.07) is 15.4. The van der Waals surface area contributed by atoms with Crippen molar-refractivity contribution in [1.82, 2.24) is 0 Å². The molecule has 4 aromatic rings. The lowest BCUT2D eigenvalue weighted by Crippen LogP contribution is -2.57. The molecule has 31 heavy (non-hydrogen) atoms. The third kappa shape index (κ3) is 2.42. The second-order valence-electron chi connectivity index (χ2n) is 9.20. The lowest BCUT2D eigenvalue weighted by Gasteiger charge is -2.33. The number of rotatable bonds is 3. The smallest absolute Gasteiger partial charge is 0.305 e. The first-order valence-electron chi connectivity index (χ1n) is 11.4. The zero-order valence-electron chi connectivity index (χ0n) is 17.9. The Labute approximate surface area is 182 Å². The van der Waals surface area contributed by atoms with E-state index in [0.717, 1.165) is 69.9 Å². The highest BCUT2D eigenvalue weighted by Crippen LogP contribution is 2.40. The van der Waals surface area contributed by atoms with Crippen molar-refractivity contribution < 1.29 is 13.9 Å². The number of ether oxygens (including phenoxy) is 2. The van der Waals surface area contributed by atoms with Crippen LogP contribution in [-0.4, -0.2) is 6.71 Å². The van der Waals surface area contributed by atoms with Crippen LogP contribution in [0.3, 0.4) is 0 Å². The largest absolute Gasteiger partial charge is 0.466 e. The van der Waals surface area contributed by atoms with Gasteiger partial charge in [-0.05, 0) is 90.7 Å². The van der Waals surface area contributed by atoms with Crippen LogP contribution in [0.15, 0.2) is 46.9 Å². The van der Waals surface area contributed by atoms with Crippen molar-refractivity contribution in [2.24, 2.45) is 0 Å². The first-order valence-corrected chi connectivity index (χ1v) is 11.4. The van der Waals surface area contributed by atoms with Gasteiger partial charge >= 0.3 is 6.71 Å². The highest BCUT2D eigenvalue weighted by Gasteiger charge is 2.44. The summed E-state index contributed by atoms with van der Waals surface area (Å²) in [6.45, 7) is 4.34. The van der Waals surface area contributed by atoms with Crippen LogP contribution in [0.4, 0.5) is 0 Å². The van der Waals surface area contributed by atoms with E-state index in [2.05, 4.69) is 56.3 Å². The van der Waals surface area contributed by atoms with Gasteiger partial charge in [-0.3, -0.25) is 0 Å². The fourth-order valence-corrected chi connectivity index (χ4v) is 5.37. The molecule has 0 N–H and O–H groups in total. The fourth-order valence-electron chi connectivity index (χ4n) is 5.37. The van der Waals surface area contributed by atoms with E-state index in [1.165, 1.54) is 35.0 Å². The molecule has 0 bridgehead atoms. The van der Waals surface area contributed by atoms with Gasteiger partial charge in [-0.25, -0.2) is 0 Å². The number of benzene rings is 3. The molecule has 3 heterocycles. The van der Waals surface area contributed by atoms with Gasteiger partial charge in [0, 0.05) is 5.46 Å². The SMILES string of the molecule is CCCCc1ccc2oc3c(c2c1)Oc1cc(C)cc2c1B3c1cc3c(cc1O2)CC3. The number of hydrogen-bond donors (Lipinski definition) is 0. The molecule has 2 aliphatic heterocycles. The van der Waals surface area contributed by atoms with Crippen LogP contribution in [0.2, 0.25) is 0 Å². The number of unbranched alkanes of at least 4 members (excludes halogenated alkanes) is 1. The van der Waals surface area contributed by atoms with Crippen molar-refractivity contribution in [1.29, 1.82) is 0 Å². The Kier molecular flexibility index (Phi) is 3.50. The summed E-state index contributed by atoms with van der Waals surface area (Å²) in [4.78, 5) is 0. The summed E-state index contributed by atoms with van der Waals surface area (Å²) in [7, 11) is 0. The van der Waals surface area contributed by atoms with E-state index in [0.29, 0.717) is 0 Å². The maximum absolute atomic E-state index is 6.53. The molecule has 0 saturated heterocycles. The summed E-state index contributed by atoms with van der Waals surface area (Å²) >= 11 is 0. The minimum absolute atomic E-state index is 0.00971. The van der Waals surface area contributed by atoms with Crippen LogP contribution in [-0.2, 0) is 19.3 Å². The van der Waals surface area contributed by atoms with E-state index in [9.17, 15) is 0 Å². The highest BCUT2D eigenvalue weighted by atomic mass is 16.5. The standard InChI is InChI=1S/C27H23BO3/c1-3-4-5-16-6-9-21-19(12-16)26-27(31-21)28-20-13-17-7-8-18(17)14-22(20)29-23-10-15(2)11-24(30-26)25(23)28/h6,9-14H,3-5,7-8H2,1-2H3. The van der Waals surface area contributed by atoms with Crippen LogP contribution in [0.5, 0.6) is 23.0 Å². The van der Waals surface area contributed by atoms with Gasteiger partial charge in [-0.15, -0.1) is 0 Å². The third-order valence-corrected chi connectivity index (χ3v) is 7.09. The summed E-state index contributed by atoms with van der Waals surface area (Å²) in [5, 5.41) is 1.08. The summed E-state index contributed by atoms with van der Waals surface area (Å²) in [5.41, 5.74) is 9.42. The Bertz CT molecular complexity index is 1400. The van der Waals surface area contributed by atoms with E-state index in [1.54, 1.807) is 0 Å². The maximum atomic E-state index is 6.53. The Morgan fingerprint density at radius 3 is 2.52 bits per heavy atom. The number of hydrogen-bond acceptors (Lipinski definition) is 3. The van der Waals surface area contributed by atoms with Crippen molar-refractivity contribution in [2.45, 2.75) is 46.0 Å². The molecule has 0 saturated carbocycles. The molecule has 3 aromatic carbocycles. The van der Waals surface area contributed by atoms with E-state index < -0.39 is 0 Å². The lowest BCUT2D eigenvalue weighted by atomic mass is 9.36. The monoisotopic (exact) mass is 406 g/mol. The minimum Gasteiger partial charge on any atom is -0.466 e. The fraction of sp³-hybridized carbons (Fsp3) is 0.259. The molecule has 7 rings (SSSR count). The van der Waals surface area contributed by atoms with Crippen LogP contribution < -0.4 is 26.1 Å². The van der Waals surface area contributed by atoms with Gasteiger partial charge in [0.1, 0.15) is 28.5 Å². The molecular weight excluding hydrogens is 383 g/mol. The van der Waals surface area contributed by atoms with Crippen molar-refractivity contribution in [2.75, 3.05) is 0 Å². The average molecular weight is 406 g/mol. The Hall–Kier alpha value is -3.14. The molecule has 0 amide bonds. The van der Waals surface area contributed by atoms with Crippen molar-refractivity contribution in [3.8, 4) is 23.0 Å². The number of aryl methyl sites for hydroxylation is 4. The normalized spacial score (nSPS) is 14.7. The first kappa shape index (κ1) is 17.5. The molecule has 0 fully saturated rings. The van der Waals surface area contributed by atoms with Gasteiger partial charge in [0.25, 0.3) is 0 Å². The molecule has 3 nitrogen and oxygen atoms in total. The Morgan fingerprint density at radius 2 is 1.71 bits per heavy atom. The predicted octanol–water partition coefficient (Wildman–Crippen LogP) is 4.91. The zero-order chi connectivity index (χ0) is 20.7. The number of fused-ring (bicyclic) bond motifs is 7. The van der Waals surface area contributed by atoms with Crippen LogP contribution in [0.25, 0.3) is 11.0 Å². The summed E-state index contributed by atoms with van der Waals surface area (Å²) < 4.78 is 19.4. The molecule has 152 valence electrons. The second kappa shape index (κ2) is 6.19. The lowest BCUT2D eigenvalue weighted by molar-refractivity contribution is 0.459. The molecule has 1 aliphatic carbocycles. The van der Waals surface area contributed by atoms with Crippen LogP contribution in [0.1, 0.15) is 42.0 Å². The molecule has 4 heteroatoms. The molecular formula is C27H23BO3. The van der Waals surface area contributed by atoms with Crippen molar-refractivity contribution >= 4 is 34.3 Å². The molecule has 0 radical (unpaired) electrons. The van der Waals surface area contributed by atoms with Gasteiger partial charge in [0.05, 0.1) is 5.39 Å². The van der Waals surface area contributed by atoms with Gasteiger partial charge in [0.15, 0.2) is 5.75 Å². The van der Waals surface area contributed by atoms with Gasteiger partial charge in [0.2, 0.25) is 0 Å². The summed E-state index contributed by atoms with van der Waals surface area (Å²) in [5.74, 6) is 3.62. The van der Waals surface area contributed by atoms with Gasteiger partial charge in [-0.1, -0.05) is 25.5 Å². The Morgan fingerprint density at radius 1 is 0.903 bits per heavy atom. The topological polar surface area (TPSA) is 31.6 Å². The predicted molar refractivity (Wildman–Crippen MR) is 125 cm³/mol. The quantitative estimate of drug-likeness (QED) is 0.392. The maximum Gasteiger partial charge on any atom is 0.305 e. The van der Waals surface area contributed by atoms with Crippen LogP contribution >= 0.6 is 0 Å². The third-order valence-electron chi connectivity index (χ3n) is 7.09. The van der Waals surface area contributed by atoms with E-state index in [1.807, 2.05) is 0 Å². The highest BCUT2D eigenvalue weighted by molar-refractivity contribution is 6.97. The van der Waals surface area contributed by atoms with E-state index >= 15 is 0 Å². The van der Waals surface area contributed by atoms with Crippen LogP contribution in [0, 0.1) is 6.92 Å². The summed E-state index contributed by atoms with van der Waals surface area (Å²) in [6.07, 6.45) is 5.75. The second-order valence-corrected chi connectivity index (χ2v) is 9.20. The zero-order valence-corrected chi connectivity index (χ0v) is 17.9. The van der Waals surface area contributed by atoms with Crippen molar-refractivity contribution in [3.63, 3.8) is 0 Å². The molecule has 3 aliphatic rings. The van der Waals surface area contributed by atoms with E-state index in [4.69, 9.17) is 13.9 Å². The van der Waals surface area contributed by atoms with Crippen molar-refractivity contribution in [3.05, 3.63) is 64.7 Å². The first-order chi connectivity index (χ1) is 15.2. The Balaban J connectivity index is 1.48. The molecule has 0 spiro atoms. The minimum atomic E-state index is 0.00971. The molecule has 0 atom stereocenters. The van der Waals surface area contributed by atoms with Gasteiger partial charge < -0.3 is 13.9 Å². The molecule has 0 unspecified atom stereocenters. The van der Waals surface area contributed by atoms with Gasteiger partial charge in [-0.2, -0.15) is 0 Å². The molecule has 1 aromatic heterocycles.